The summed E-state index contributed by atoms with van der Waals surface area (Å²) in [6.07, 6.45) is 3.57. The number of carbonyl (C=O) groups is 1. The molecule has 2 aromatic carbocycles. The number of esters is 1. The van der Waals surface area contributed by atoms with Gasteiger partial charge >= 0.3 is 5.97 Å². The predicted octanol–water partition coefficient (Wildman–Crippen LogP) is 5.23. The molecule has 0 unspecified atom stereocenters. The van der Waals surface area contributed by atoms with Gasteiger partial charge in [0.1, 0.15) is 12.0 Å². The molecule has 1 atom stereocenters. The average molecular weight is 379 g/mol. The maximum atomic E-state index is 11.7. The van der Waals surface area contributed by atoms with E-state index in [2.05, 4.69) is 24.0 Å². The summed E-state index contributed by atoms with van der Waals surface area (Å²) in [6.45, 7) is 2.10. The summed E-state index contributed by atoms with van der Waals surface area (Å²) in [5.41, 5.74) is 2.85. The van der Waals surface area contributed by atoms with Gasteiger partial charge in [0.2, 0.25) is 0 Å². The Kier molecular flexibility index (Phi) is 6.35. The first kappa shape index (κ1) is 18.8. The van der Waals surface area contributed by atoms with E-state index in [1.54, 1.807) is 13.2 Å². The van der Waals surface area contributed by atoms with Gasteiger partial charge < -0.3 is 9.47 Å². The first-order chi connectivity index (χ1) is 13.2. The molecular weight excluding hydrogens is 360 g/mol. The Morgan fingerprint density at radius 3 is 2.63 bits per heavy atom. The molecule has 0 radical (unpaired) electrons. The number of hydrogen-bond acceptors (Lipinski definition) is 3. The molecule has 0 spiro atoms. The van der Waals surface area contributed by atoms with Crippen molar-refractivity contribution in [3.05, 3.63) is 94.4 Å². The van der Waals surface area contributed by atoms with Gasteiger partial charge in [0, 0.05) is 28.5 Å². The molecule has 1 heterocycles. The molecule has 2 aromatic rings. The van der Waals surface area contributed by atoms with E-state index < -0.39 is 5.97 Å². The number of benzene rings is 2. The number of hydrogen-bond donors (Lipinski definition) is 0. The minimum Gasteiger partial charge on any atom is -0.468 e. The summed E-state index contributed by atoms with van der Waals surface area (Å²) in [7, 11) is 0. The van der Waals surface area contributed by atoms with E-state index >= 15 is 0 Å². The van der Waals surface area contributed by atoms with Gasteiger partial charge in [-0.2, -0.15) is 0 Å². The van der Waals surface area contributed by atoms with Gasteiger partial charge in [-0.3, -0.25) is 0 Å². The molecule has 0 amide bonds. The van der Waals surface area contributed by atoms with Crippen molar-refractivity contribution in [2.24, 2.45) is 0 Å². The largest absolute Gasteiger partial charge is 0.468 e. The molecule has 27 heavy (non-hydrogen) atoms. The molecule has 1 aliphatic heterocycles. The SMILES string of the molecule is CCOC(=O)/C=C1\C[C@@H](c2ccccc2)C(C#Cc2ccc(Cl)cc2)=CO1. The van der Waals surface area contributed by atoms with Crippen LogP contribution in [0, 0.1) is 11.8 Å². The monoisotopic (exact) mass is 378 g/mol. The number of carbonyl (C=O) groups excluding carboxylic acids is 1. The second kappa shape index (κ2) is 9.12. The molecule has 1 aliphatic rings. The fourth-order valence-electron chi connectivity index (χ4n) is 2.77. The van der Waals surface area contributed by atoms with Gasteiger partial charge in [0.15, 0.2) is 0 Å². The lowest BCUT2D eigenvalue weighted by molar-refractivity contribution is -0.137. The van der Waals surface area contributed by atoms with Crippen molar-refractivity contribution < 1.29 is 14.3 Å². The highest BCUT2D eigenvalue weighted by atomic mass is 35.5. The third kappa shape index (κ3) is 5.26. The molecule has 3 nitrogen and oxygen atoms in total. The summed E-state index contributed by atoms with van der Waals surface area (Å²) in [5.74, 6) is 6.54. The van der Waals surface area contributed by atoms with Crippen LogP contribution < -0.4 is 0 Å². The summed E-state index contributed by atoms with van der Waals surface area (Å²) < 4.78 is 10.6. The Labute approximate surface area is 164 Å². The normalized spacial score (nSPS) is 17.3. The molecular formula is C23H19ClO3. The van der Waals surface area contributed by atoms with E-state index in [9.17, 15) is 4.79 Å². The zero-order valence-corrected chi connectivity index (χ0v) is 15.7. The highest BCUT2D eigenvalue weighted by molar-refractivity contribution is 6.30. The second-order valence-corrected chi connectivity index (χ2v) is 6.41. The summed E-state index contributed by atoms with van der Waals surface area (Å²) in [5, 5.41) is 0.677. The Morgan fingerprint density at radius 1 is 1.19 bits per heavy atom. The van der Waals surface area contributed by atoms with Gasteiger partial charge in [0.25, 0.3) is 0 Å². The third-order valence-electron chi connectivity index (χ3n) is 4.08. The van der Waals surface area contributed by atoms with E-state index in [1.807, 2.05) is 42.5 Å². The molecule has 136 valence electrons. The first-order valence-corrected chi connectivity index (χ1v) is 9.10. The van der Waals surface area contributed by atoms with E-state index in [-0.39, 0.29) is 5.92 Å². The van der Waals surface area contributed by atoms with Crippen LogP contribution in [0.3, 0.4) is 0 Å². The highest BCUT2D eigenvalue weighted by Crippen LogP contribution is 2.35. The van der Waals surface area contributed by atoms with Crippen molar-refractivity contribution in [3.8, 4) is 11.8 Å². The van der Waals surface area contributed by atoms with Gasteiger partial charge in [0.05, 0.1) is 12.7 Å². The van der Waals surface area contributed by atoms with Gasteiger partial charge in [-0.1, -0.05) is 53.8 Å². The maximum absolute atomic E-state index is 11.7. The van der Waals surface area contributed by atoms with E-state index in [0.717, 1.165) is 16.7 Å². The Balaban J connectivity index is 1.89. The number of rotatable bonds is 3. The molecule has 0 fully saturated rings. The fourth-order valence-corrected chi connectivity index (χ4v) is 2.89. The minimum absolute atomic E-state index is 0.0143. The Bertz CT molecular complexity index is 916. The number of halogens is 1. The molecule has 3 rings (SSSR count). The quantitative estimate of drug-likeness (QED) is 0.417. The van der Waals surface area contributed by atoms with E-state index in [1.165, 1.54) is 6.08 Å². The second-order valence-electron chi connectivity index (χ2n) is 5.98. The van der Waals surface area contributed by atoms with Gasteiger partial charge in [-0.25, -0.2) is 4.79 Å². The Hall–Kier alpha value is -2.96. The van der Waals surface area contributed by atoms with Crippen molar-refractivity contribution in [1.82, 2.24) is 0 Å². The lowest BCUT2D eigenvalue weighted by Crippen LogP contribution is -2.11. The van der Waals surface area contributed by atoms with Crippen LogP contribution in [-0.4, -0.2) is 12.6 Å². The molecule has 0 bridgehead atoms. The van der Waals surface area contributed by atoms with E-state index in [4.69, 9.17) is 21.1 Å². The lowest BCUT2D eigenvalue weighted by Gasteiger charge is -2.23. The smallest absolute Gasteiger partial charge is 0.334 e. The summed E-state index contributed by atoms with van der Waals surface area (Å²) in [4.78, 5) is 11.7. The first-order valence-electron chi connectivity index (χ1n) is 8.72. The van der Waals surface area contributed by atoms with Crippen LogP contribution in [0.25, 0.3) is 0 Å². The van der Waals surface area contributed by atoms with Crippen LogP contribution in [0.2, 0.25) is 5.02 Å². The minimum atomic E-state index is -0.400. The van der Waals surface area contributed by atoms with Gasteiger partial charge in [-0.15, -0.1) is 0 Å². The van der Waals surface area contributed by atoms with E-state index in [0.29, 0.717) is 23.8 Å². The predicted molar refractivity (Wildman–Crippen MR) is 106 cm³/mol. The molecule has 0 saturated heterocycles. The standard InChI is InChI=1S/C23H19ClO3/c1-2-26-23(25)15-21-14-22(18-6-4-3-5-7-18)19(16-27-21)11-8-17-9-12-20(24)13-10-17/h3-7,9-10,12-13,15-16,22H,2,14H2,1H3/b21-15+/t22-/m0/s1. The number of allylic oxidation sites excluding steroid dienone is 2. The van der Waals surface area contributed by atoms with Crippen LogP contribution >= 0.6 is 11.6 Å². The zero-order chi connectivity index (χ0) is 19.1. The van der Waals surface area contributed by atoms with Crippen molar-refractivity contribution in [2.75, 3.05) is 6.61 Å². The zero-order valence-electron chi connectivity index (χ0n) is 14.9. The fraction of sp³-hybridized carbons (Fsp3) is 0.174. The highest BCUT2D eigenvalue weighted by Gasteiger charge is 2.23. The molecule has 0 saturated carbocycles. The third-order valence-corrected chi connectivity index (χ3v) is 4.33. The van der Waals surface area contributed by atoms with Crippen LogP contribution in [0.4, 0.5) is 0 Å². The molecule has 4 heteroatoms. The molecule has 0 aliphatic carbocycles. The number of ether oxygens (including phenoxy) is 2. The van der Waals surface area contributed by atoms with Crippen molar-refractivity contribution in [3.63, 3.8) is 0 Å². The maximum Gasteiger partial charge on any atom is 0.334 e. The topological polar surface area (TPSA) is 35.5 Å². The lowest BCUT2D eigenvalue weighted by atomic mass is 9.87. The van der Waals surface area contributed by atoms with Crippen molar-refractivity contribution >= 4 is 17.6 Å². The van der Waals surface area contributed by atoms with Gasteiger partial charge in [-0.05, 0) is 36.8 Å². The molecule has 0 N–H and O–H groups in total. The van der Waals surface area contributed by atoms with Crippen LogP contribution in [0.5, 0.6) is 0 Å². The van der Waals surface area contributed by atoms with Crippen molar-refractivity contribution in [1.29, 1.82) is 0 Å². The van der Waals surface area contributed by atoms with Crippen molar-refractivity contribution in [2.45, 2.75) is 19.3 Å². The summed E-state index contributed by atoms with van der Waals surface area (Å²) >= 11 is 5.92. The van der Waals surface area contributed by atoms with Crippen LogP contribution in [0.15, 0.2) is 78.3 Å². The summed E-state index contributed by atoms with van der Waals surface area (Å²) in [6, 6.07) is 17.4. The average Bonchev–Trinajstić information content (AvgIpc) is 2.69. The molecule has 0 aromatic heterocycles. The Morgan fingerprint density at radius 2 is 1.93 bits per heavy atom. The van der Waals surface area contributed by atoms with Crippen LogP contribution in [-0.2, 0) is 14.3 Å². The van der Waals surface area contributed by atoms with Crippen LogP contribution in [0.1, 0.15) is 30.4 Å².